The number of halogens is 1. The molecule has 1 aromatic heterocycles. The molecule has 3 heteroatoms. The minimum absolute atomic E-state index is 0.148. The topological polar surface area (TPSA) is 22.0 Å². The van der Waals surface area contributed by atoms with Crippen LogP contribution in [0, 0.1) is 12.3 Å². The number of hydrogen-bond donors (Lipinski definition) is 0. The fraction of sp³-hybridized carbons (Fsp3) is 0.667. The summed E-state index contributed by atoms with van der Waals surface area (Å²) >= 11 is 3.66. The van der Waals surface area contributed by atoms with Gasteiger partial charge in [0, 0.05) is 23.6 Å². The molecular formula is C15H24BrNO. The van der Waals surface area contributed by atoms with Gasteiger partial charge >= 0.3 is 0 Å². The number of nitrogens with zero attached hydrogens (tertiary/aromatic N) is 1. The van der Waals surface area contributed by atoms with Crippen molar-refractivity contribution in [1.82, 2.24) is 4.57 Å². The summed E-state index contributed by atoms with van der Waals surface area (Å²) in [5, 5.41) is 0.960. The molecule has 0 saturated heterocycles. The maximum atomic E-state index is 12.1. The van der Waals surface area contributed by atoms with Gasteiger partial charge < -0.3 is 4.57 Å². The van der Waals surface area contributed by atoms with Crippen LogP contribution in [0.4, 0.5) is 0 Å². The van der Waals surface area contributed by atoms with Gasteiger partial charge in [-0.1, -0.05) is 48.7 Å². The molecule has 1 rings (SSSR count). The van der Waals surface area contributed by atoms with Gasteiger partial charge in [-0.2, -0.15) is 0 Å². The van der Waals surface area contributed by atoms with E-state index in [0.717, 1.165) is 43.1 Å². The molecule has 0 spiro atoms. The number of aryl methyl sites for hydroxylation is 1. The molecule has 0 N–H and O–H groups in total. The smallest absolute Gasteiger partial charge is 0.253 e. The molecule has 0 fully saturated rings. The number of rotatable bonds is 7. The van der Waals surface area contributed by atoms with Gasteiger partial charge in [-0.05, 0) is 31.2 Å². The summed E-state index contributed by atoms with van der Waals surface area (Å²) in [6.07, 6.45) is 6.55. The van der Waals surface area contributed by atoms with E-state index in [2.05, 4.69) is 29.8 Å². The Kier molecular flexibility index (Phi) is 6.13. The van der Waals surface area contributed by atoms with Crippen molar-refractivity contribution in [2.45, 2.75) is 53.0 Å². The Morgan fingerprint density at radius 1 is 1.28 bits per heavy atom. The molecule has 102 valence electrons. The van der Waals surface area contributed by atoms with Crippen LogP contribution in [0.2, 0.25) is 0 Å². The molecule has 0 saturated carbocycles. The first-order chi connectivity index (χ1) is 8.58. The maximum Gasteiger partial charge on any atom is 0.253 e. The molecule has 18 heavy (non-hydrogen) atoms. The summed E-state index contributed by atoms with van der Waals surface area (Å²) in [5.41, 5.74) is 1.19. The van der Waals surface area contributed by atoms with Crippen LogP contribution in [0.1, 0.15) is 45.1 Å². The maximum absolute atomic E-state index is 12.1. The Balaban J connectivity index is 3.02. The minimum atomic E-state index is 0.148. The van der Waals surface area contributed by atoms with E-state index in [1.807, 2.05) is 29.8 Å². The number of aromatic nitrogens is 1. The van der Waals surface area contributed by atoms with Crippen molar-refractivity contribution in [3.8, 4) is 0 Å². The summed E-state index contributed by atoms with van der Waals surface area (Å²) < 4.78 is 1.88. The number of pyridine rings is 1. The van der Waals surface area contributed by atoms with Crippen molar-refractivity contribution < 1.29 is 0 Å². The third kappa shape index (κ3) is 3.71. The molecule has 0 bridgehead atoms. The van der Waals surface area contributed by atoms with E-state index in [1.165, 1.54) is 0 Å². The summed E-state index contributed by atoms with van der Waals surface area (Å²) in [4.78, 5) is 12.1. The zero-order chi connectivity index (χ0) is 13.6. The lowest BCUT2D eigenvalue weighted by Gasteiger charge is -2.32. The van der Waals surface area contributed by atoms with Gasteiger partial charge in [0.2, 0.25) is 0 Å². The van der Waals surface area contributed by atoms with Crippen LogP contribution in [-0.4, -0.2) is 9.90 Å². The molecule has 1 aromatic rings. The van der Waals surface area contributed by atoms with Crippen molar-refractivity contribution in [1.29, 1.82) is 0 Å². The molecule has 0 aliphatic rings. The highest BCUT2D eigenvalue weighted by Crippen LogP contribution is 2.33. The van der Waals surface area contributed by atoms with E-state index in [-0.39, 0.29) is 11.0 Å². The molecule has 1 heterocycles. The summed E-state index contributed by atoms with van der Waals surface area (Å²) in [6, 6.07) is 3.85. The van der Waals surface area contributed by atoms with E-state index in [9.17, 15) is 4.79 Å². The quantitative estimate of drug-likeness (QED) is 0.693. The van der Waals surface area contributed by atoms with E-state index < -0.39 is 0 Å². The second-order valence-corrected chi connectivity index (χ2v) is 5.82. The van der Waals surface area contributed by atoms with Gasteiger partial charge in [0.15, 0.2) is 0 Å². The average molecular weight is 314 g/mol. The molecule has 0 atom stereocenters. The second-order valence-electron chi connectivity index (χ2n) is 5.26. The van der Waals surface area contributed by atoms with Gasteiger partial charge in [-0.3, -0.25) is 4.79 Å². The van der Waals surface area contributed by atoms with Crippen molar-refractivity contribution >= 4 is 15.9 Å². The van der Waals surface area contributed by atoms with E-state index in [1.54, 1.807) is 0 Å². The predicted octanol–water partition coefficient (Wildman–Crippen LogP) is 4.14. The van der Waals surface area contributed by atoms with E-state index >= 15 is 0 Å². The van der Waals surface area contributed by atoms with Crippen LogP contribution in [0.3, 0.4) is 0 Å². The lowest BCUT2D eigenvalue weighted by molar-refractivity contribution is 0.230. The van der Waals surface area contributed by atoms with Crippen LogP contribution >= 0.6 is 15.9 Å². The number of alkyl halides is 1. The van der Waals surface area contributed by atoms with Crippen molar-refractivity contribution in [3.05, 3.63) is 34.2 Å². The van der Waals surface area contributed by atoms with Crippen molar-refractivity contribution in [3.63, 3.8) is 0 Å². The Bertz CT molecular complexity index is 419. The Labute approximate surface area is 119 Å². The number of hydrogen-bond acceptors (Lipinski definition) is 1. The third-order valence-corrected chi connectivity index (χ3v) is 4.75. The van der Waals surface area contributed by atoms with Gasteiger partial charge in [0.05, 0.1) is 0 Å². The van der Waals surface area contributed by atoms with Crippen molar-refractivity contribution in [2.75, 3.05) is 5.33 Å². The fourth-order valence-corrected chi connectivity index (χ4v) is 3.40. The fourth-order valence-electron chi connectivity index (χ4n) is 2.66. The lowest BCUT2D eigenvalue weighted by atomic mass is 9.81. The highest BCUT2D eigenvalue weighted by molar-refractivity contribution is 9.09. The first-order valence-electron chi connectivity index (χ1n) is 6.80. The van der Waals surface area contributed by atoms with Crippen molar-refractivity contribution in [2.24, 2.45) is 5.41 Å². The lowest BCUT2D eigenvalue weighted by Crippen LogP contribution is -2.34. The van der Waals surface area contributed by atoms with Gasteiger partial charge in [0.1, 0.15) is 0 Å². The normalized spacial score (nSPS) is 11.8. The Morgan fingerprint density at radius 2 is 1.89 bits per heavy atom. The van der Waals surface area contributed by atoms with Crippen LogP contribution in [0.5, 0.6) is 0 Å². The first kappa shape index (κ1) is 15.5. The molecule has 0 amide bonds. The molecule has 0 aliphatic carbocycles. The zero-order valence-corrected chi connectivity index (χ0v) is 13.3. The average Bonchev–Trinajstić information content (AvgIpc) is 2.35. The van der Waals surface area contributed by atoms with Crippen LogP contribution in [0.15, 0.2) is 23.1 Å². The molecule has 2 nitrogen and oxygen atoms in total. The summed E-state index contributed by atoms with van der Waals surface area (Å²) in [5.74, 6) is 0. The molecular weight excluding hydrogens is 290 g/mol. The monoisotopic (exact) mass is 313 g/mol. The molecule has 0 unspecified atom stereocenters. The molecule has 0 radical (unpaired) electrons. The largest absolute Gasteiger partial charge is 0.315 e. The zero-order valence-electron chi connectivity index (χ0n) is 11.7. The first-order valence-corrected chi connectivity index (χ1v) is 7.92. The third-order valence-electron chi connectivity index (χ3n) is 3.56. The highest BCUT2D eigenvalue weighted by Gasteiger charge is 2.28. The Morgan fingerprint density at radius 3 is 2.39 bits per heavy atom. The van der Waals surface area contributed by atoms with Crippen LogP contribution in [0.25, 0.3) is 0 Å². The van der Waals surface area contributed by atoms with Gasteiger partial charge in [0.25, 0.3) is 5.56 Å². The van der Waals surface area contributed by atoms with Crippen LogP contribution < -0.4 is 5.56 Å². The standard InChI is InChI=1S/C15H24BrNO/c1-4-8-15(11-16,9-5-2)12-17-10-6-7-13(3)14(17)18/h6-7,10H,4-5,8-9,11-12H2,1-3H3. The predicted molar refractivity (Wildman–Crippen MR) is 81.5 cm³/mol. The highest BCUT2D eigenvalue weighted by atomic mass is 79.9. The molecule has 0 aliphatic heterocycles. The van der Waals surface area contributed by atoms with Gasteiger partial charge in [-0.15, -0.1) is 0 Å². The van der Waals surface area contributed by atoms with E-state index in [4.69, 9.17) is 0 Å². The summed E-state index contributed by atoms with van der Waals surface area (Å²) in [7, 11) is 0. The van der Waals surface area contributed by atoms with Gasteiger partial charge in [-0.25, -0.2) is 0 Å². The van der Waals surface area contributed by atoms with Crippen LogP contribution in [-0.2, 0) is 6.54 Å². The Hall–Kier alpha value is -0.570. The second kappa shape index (κ2) is 7.13. The summed E-state index contributed by atoms with van der Waals surface area (Å²) in [6.45, 7) is 7.13. The SMILES string of the molecule is CCCC(CBr)(CCC)Cn1cccc(C)c1=O. The molecule has 0 aromatic carbocycles. The van der Waals surface area contributed by atoms with E-state index in [0.29, 0.717) is 0 Å². The minimum Gasteiger partial charge on any atom is -0.315 e.